The van der Waals surface area contributed by atoms with Gasteiger partial charge in [0.05, 0.1) is 0 Å². The number of amides is 1. The van der Waals surface area contributed by atoms with Crippen LogP contribution in [0.4, 0.5) is 4.39 Å². The predicted molar refractivity (Wildman–Crippen MR) is 124 cm³/mol. The maximum Gasteiger partial charge on any atom is 0.227 e. The highest BCUT2D eigenvalue weighted by molar-refractivity contribution is 5.76. The minimum atomic E-state index is -0.274. The van der Waals surface area contributed by atoms with Crippen molar-refractivity contribution in [2.24, 2.45) is 0 Å². The van der Waals surface area contributed by atoms with Crippen molar-refractivity contribution in [1.29, 1.82) is 0 Å². The third kappa shape index (κ3) is 6.46. The fourth-order valence-electron chi connectivity index (χ4n) is 3.87. The van der Waals surface area contributed by atoms with E-state index < -0.39 is 0 Å². The minimum absolute atomic E-state index is 0.0724. The van der Waals surface area contributed by atoms with Gasteiger partial charge >= 0.3 is 0 Å². The molecule has 2 heterocycles. The fourth-order valence-corrected chi connectivity index (χ4v) is 3.87. The lowest BCUT2D eigenvalue weighted by Gasteiger charge is -2.32. The van der Waals surface area contributed by atoms with Crippen LogP contribution in [0.1, 0.15) is 29.0 Å². The van der Waals surface area contributed by atoms with Crippen molar-refractivity contribution in [3.8, 4) is 11.4 Å². The Bertz CT molecular complexity index is 1090. The average molecular weight is 452 g/mol. The standard InChI is InChI=1S/C25H30FN5O2/c1-18-14-21(6-7-22(18)26)25-28-24(33-29-25)9-8-23(32)27-16-19-4-3-5-20(15-19)17-31-12-10-30(2)11-13-31/h3-7,14-15H,8-13,16-17H2,1-2H3,(H,27,32). The summed E-state index contributed by atoms with van der Waals surface area (Å²) in [7, 11) is 2.16. The zero-order valence-corrected chi connectivity index (χ0v) is 19.2. The number of aryl methyl sites for hydroxylation is 2. The Morgan fingerprint density at radius 3 is 2.70 bits per heavy atom. The van der Waals surface area contributed by atoms with Crippen molar-refractivity contribution in [2.45, 2.75) is 32.9 Å². The predicted octanol–water partition coefficient (Wildman–Crippen LogP) is 3.18. The Balaban J connectivity index is 1.24. The summed E-state index contributed by atoms with van der Waals surface area (Å²) in [6, 6.07) is 13.0. The second-order valence-electron chi connectivity index (χ2n) is 8.65. The number of halogens is 1. The number of nitrogens with zero attached hydrogens (tertiary/aromatic N) is 4. The first-order chi connectivity index (χ1) is 16.0. The number of piperazine rings is 1. The maximum absolute atomic E-state index is 13.5. The van der Waals surface area contributed by atoms with E-state index in [-0.39, 0.29) is 18.1 Å². The Morgan fingerprint density at radius 1 is 1.12 bits per heavy atom. The van der Waals surface area contributed by atoms with Crippen molar-refractivity contribution in [1.82, 2.24) is 25.3 Å². The number of aromatic nitrogens is 2. The number of hydrogen-bond acceptors (Lipinski definition) is 6. The second-order valence-corrected chi connectivity index (χ2v) is 8.65. The zero-order valence-electron chi connectivity index (χ0n) is 19.2. The quantitative estimate of drug-likeness (QED) is 0.567. The normalized spacial score (nSPS) is 15.0. The van der Waals surface area contributed by atoms with Gasteiger partial charge in [-0.15, -0.1) is 0 Å². The first-order valence-corrected chi connectivity index (χ1v) is 11.3. The molecule has 1 aliphatic heterocycles. The molecule has 0 bridgehead atoms. The van der Waals surface area contributed by atoms with E-state index in [4.69, 9.17) is 4.52 Å². The molecule has 2 aromatic carbocycles. The smallest absolute Gasteiger partial charge is 0.227 e. The number of nitrogens with one attached hydrogen (secondary N) is 1. The van der Waals surface area contributed by atoms with E-state index in [0.29, 0.717) is 35.8 Å². The molecule has 1 fully saturated rings. The molecule has 0 atom stereocenters. The first-order valence-electron chi connectivity index (χ1n) is 11.3. The molecular formula is C25H30FN5O2. The molecule has 7 nitrogen and oxygen atoms in total. The van der Waals surface area contributed by atoms with Gasteiger partial charge < -0.3 is 14.7 Å². The van der Waals surface area contributed by atoms with E-state index in [1.165, 1.54) is 11.6 Å². The summed E-state index contributed by atoms with van der Waals surface area (Å²) in [5.74, 6) is 0.433. The molecule has 0 spiro atoms. The van der Waals surface area contributed by atoms with Gasteiger partial charge in [-0.05, 0) is 48.9 Å². The average Bonchev–Trinajstić information content (AvgIpc) is 3.29. The van der Waals surface area contributed by atoms with Crippen molar-refractivity contribution in [3.05, 3.63) is 70.9 Å². The lowest BCUT2D eigenvalue weighted by molar-refractivity contribution is -0.121. The summed E-state index contributed by atoms with van der Waals surface area (Å²) in [4.78, 5) is 21.5. The highest BCUT2D eigenvalue weighted by Crippen LogP contribution is 2.19. The number of hydrogen-bond donors (Lipinski definition) is 1. The van der Waals surface area contributed by atoms with Crippen molar-refractivity contribution >= 4 is 5.91 Å². The molecule has 174 valence electrons. The Kier molecular flexibility index (Phi) is 7.47. The summed E-state index contributed by atoms with van der Waals surface area (Å²) in [6.07, 6.45) is 0.605. The van der Waals surface area contributed by atoms with E-state index in [9.17, 15) is 9.18 Å². The summed E-state index contributed by atoms with van der Waals surface area (Å²) in [5, 5.41) is 6.91. The number of likely N-dealkylation sites (N-methyl/N-ethyl adjacent to an activating group) is 1. The van der Waals surface area contributed by atoms with Crippen LogP contribution < -0.4 is 5.32 Å². The van der Waals surface area contributed by atoms with Crippen LogP contribution in [0, 0.1) is 12.7 Å². The molecule has 4 rings (SSSR count). The third-order valence-electron chi connectivity index (χ3n) is 5.93. The second kappa shape index (κ2) is 10.7. The highest BCUT2D eigenvalue weighted by Gasteiger charge is 2.14. The van der Waals surface area contributed by atoms with Crippen molar-refractivity contribution < 1.29 is 13.7 Å². The van der Waals surface area contributed by atoms with Gasteiger partial charge in [0, 0.05) is 57.7 Å². The number of carbonyl (C=O) groups is 1. The Labute approximate surface area is 193 Å². The van der Waals surface area contributed by atoms with Gasteiger partial charge in [-0.1, -0.05) is 29.4 Å². The number of benzene rings is 2. The van der Waals surface area contributed by atoms with Crippen LogP contribution >= 0.6 is 0 Å². The van der Waals surface area contributed by atoms with E-state index in [0.717, 1.165) is 38.3 Å². The molecule has 1 aromatic heterocycles. The van der Waals surface area contributed by atoms with Gasteiger partial charge in [0.2, 0.25) is 17.6 Å². The van der Waals surface area contributed by atoms with Gasteiger partial charge in [-0.25, -0.2) is 4.39 Å². The SMILES string of the molecule is Cc1cc(-c2noc(CCC(=O)NCc3cccc(CN4CCN(C)CC4)c3)n2)ccc1F. The van der Waals surface area contributed by atoms with E-state index in [2.05, 4.69) is 44.4 Å². The van der Waals surface area contributed by atoms with Crippen LogP contribution in [0.3, 0.4) is 0 Å². The molecule has 1 aliphatic rings. The third-order valence-corrected chi connectivity index (χ3v) is 5.93. The van der Waals surface area contributed by atoms with Crippen LogP contribution in [0.15, 0.2) is 47.0 Å². The molecule has 8 heteroatoms. The fraction of sp³-hybridized carbons (Fsp3) is 0.400. The van der Waals surface area contributed by atoms with Gasteiger partial charge in [0.15, 0.2) is 0 Å². The molecule has 0 aliphatic carbocycles. The lowest BCUT2D eigenvalue weighted by atomic mass is 10.1. The molecule has 3 aromatic rings. The molecule has 1 saturated heterocycles. The molecular weight excluding hydrogens is 421 g/mol. The Hall–Kier alpha value is -3.10. The summed E-state index contributed by atoms with van der Waals surface area (Å²) in [6.45, 7) is 7.46. The first kappa shape index (κ1) is 23.1. The summed E-state index contributed by atoms with van der Waals surface area (Å²) < 4.78 is 18.7. The summed E-state index contributed by atoms with van der Waals surface area (Å²) >= 11 is 0. The molecule has 0 unspecified atom stereocenters. The van der Waals surface area contributed by atoms with Crippen LogP contribution in [0.25, 0.3) is 11.4 Å². The Morgan fingerprint density at radius 2 is 1.91 bits per heavy atom. The molecule has 0 radical (unpaired) electrons. The van der Waals surface area contributed by atoms with Crippen LogP contribution in [-0.2, 0) is 24.3 Å². The van der Waals surface area contributed by atoms with Crippen LogP contribution in [-0.4, -0.2) is 59.1 Å². The zero-order chi connectivity index (χ0) is 23.2. The van der Waals surface area contributed by atoms with Gasteiger partial charge in [-0.3, -0.25) is 9.69 Å². The van der Waals surface area contributed by atoms with Gasteiger partial charge in [-0.2, -0.15) is 4.98 Å². The van der Waals surface area contributed by atoms with Crippen molar-refractivity contribution in [3.63, 3.8) is 0 Å². The maximum atomic E-state index is 13.5. The highest BCUT2D eigenvalue weighted by atomic mass is 19.1. The monoisotopic (exact) mass is 451 g/mol. The largest absolute Gasteiger partial charge is 0.352 e. The van der Waals surface area contributed by atoms with Crippen LogP contribution in [0.5, 0.6) is 0 Å². The minimum Gasteiger partial charge on any atom is -0.352 e. The lowest BCUT2D eigenvalue weighted by Crippen LogP contribution is -2.43. The van der Waals surface area contributed by atoms with E-state index in [1.54, 1.807) is 19.1 Å². The van der Waals surface area contributed by atoms with E-state index in [1.807, 2.05) is 12.1 Å². The van der Waals surface area contributed by atoms with Crippen molar-refractivity contribution in [2.75, 3.05) is 33.2 Å². The molecule has 33 heavy (non-hydrogen) atoms. The molecule has 1 N–H and O–H groups in total. The van der Waals surface area contributed by atoms with E-state index >= 15 is 0 Å². The molecule has 1 amide bonds. The number of rotatable bonds is 8. The van der Waals surface area contributed by atoms with Crippen LogP contribution in [0.2, 0.25) is 0 Å². The molecule has 0 saturated carbocycles. The van der Waals surface area contributed by atoms with Gasteiger partial charge in [0.25, 0.3) is 0 Å². The number of carbonyl (C=O) groups excluding carboxylic acids is 1. The topological polar surface area (TPSA) is 74.5 Å². The van der Waals surface area contributed by atoms with Gasteiger partial charge in [0.1, 0.15) is 5.82 Å². The summed E-state index contributed by atoms with van der Waals surface area (Å²) in [5.41, 5.74) is 3.55.